The molecule has 14 heavy (non-hydrogen) atoms. The molecule has 1 saturated carbocycles. The first kappa shape index (κ1) is 12.0. The molecule has 1 fully saturated rings. The SMILES string of the molecule is CC(C)N(C)CC1CCCCCC1N. The van der Waals surface area contributed by atoms with Crippen LogP contribution in [0.3, 0.4) is 0 Å². The predicted octanol–water partition coefficient (Wildman–Crippen LogP) is 2.23. The summed E-state index contributed by atoms with van der Waals surface area (Å²) < 4.78 is 0. The monoisotopic (exact) mass is 198 g/mol. The Kier molecular flexibility index (Phi) is 4.90. The molecule has 0 aromatic heterocycles. The quantitative estimate of drug-likeness (QED) is 0.705. The molecule has 0 heterocycles. The minimum atomic E-state index is 0.443. The molecule has 84 valence electrons. The zero-order valence-electron chi connectivity index (χ0n) is 10.00. The number of nitrogens with zero attached hydrogens (tertiary/aromatic N) is 1. The number of rotatable bonds is 3. The van der Waals surface area contributed by atoms with Crippen LogP contribution in [0.2, 0.25) is 0 Å². The van der Waals surface area contributed by atoms with E-state index in [4.69, 9.17) is 5.73 Å². The first-order valence-corrected chi connectivity index (χ1v) is 6.07. The van der Waals surface area contributed by atoms with Crippen molar-refractivity contribution in [1.29, 1.82) is 0 Å². The summed E-state index contributed by atoms with van der Waals surface area (Å²) in [7, 11) is 2.21. The average Bonchev–Trinajstić information content (AvgIpc) is 2.32. The summed E-state index contributed by atoms with van der Waals surface area (Å²) in [5, 5.41) is 0. The molecule has 0 aromatic rings. The summed E-state index contributed by atoms with van der Waals surface area (Å²) >= 11 is 0. The van der Waals surface area contributed by atoms with Crippen molar-refractivity contribution in [3.8, 4) is 0 Å². The molecule has 1 aliphatic rings. The fourth-order valence-corrected chi connectivity index (χ4v) is 2.22. The van der Waals surface area contributed by atoms with E-state index in [-0.39, 0.29) is 0 Å². The summed E-state index contributed by atoms with van der Waals surface area (Å²) in [6.07, 6.45) is 6.66. The largest absolute Gasteiger partial charge is 0.327 e. The first-order valence-electron chi connectivity index (χ1n) is 6.07. The van der Waals surface area contributed by atoms with Crippen LogP contribution in [0, 0.1) is 5.92 Å². The molecule has 2 atom stereocenters. The van der Waals surface area contributed by atoms with Crippen LogP contribution in [0.4, 0.5) is 0 Å². The summed E-state index contributed by atoms with van der Waals surface area (Å²) in [5.41, 5.74) is 6.20. The number of hydrogen-bond acceptors (Lipinski definition) is 2. The Bertz CT molecular complexity index is 156. The second-order valence-corrected chi connectivity index (χ2v) is 5.10. The van der Waals surface area contributed by atoms with E-state index in [1.54, 1.807) is 0 Å². The van der Waals surface area contributed by atoms with Gasteiger partial charge in [0, 0.05) is 18.6 Å². The van der Waals surface area contributed by atoms with Crippen molar-refractivity contribution in [3.05, 3.63) is 0 Å². The first-order chi connectivity index (χ1) is 6.61. The van der Waals surface area contributed by atoms with E-state index < -0.39 is 0 Å². The van der Waals surface area contributed by atoms with Gasteiger partial charge < -0.3 is 10.6 Å². The van der Waals surface area contributed by atoms with Gasteiger partial charge in [0.15, 0.2) is 0 Å². The van der Waals surface area contributed by atoms with Crippen molar-refractivity contribution in [3.63, 3.8) is 0 Å². The third kappa shape index (κ3) is 3.58. The molecular weight excluding hydrogens is 172 g/mol. The third-order valence-electron chi connectivity index (χ3n) is 3.62. The Morgan fingerprint density at radius 1 is 1.21 bits per heavy atom. The van der Waals surface area contributed by atoms with Crippen LogP contribution >= 0.6 is 0 Å². The lowest BCUT2D eigenvalue weighted by molar-refractivity contribution is 0.206. The summed E-state index contributed by atoms with van der Waals surface area (Å²) in [5.74, 6) is 0.727. The molecule has 2 heteroatoms. The standard InChI is InChI=1S/C12H26N2/c1-10(2)14(3)9-11-7-5-4-6-8-12(11)13/h10-12H,4-9,13H2,1-3H3. The Labute approximate surface area is 88.8 Å². The van der Waals surface area contributed by atoms with E-state index in [2.05, 4.69) is 25.8 Å². The molecule has 0 aromatic carbocycles. The molecule has 0 aliphatic heterocycles. The Balaban J connectivity index is 2.40. The van der Waals surface area contributed by atoms with Gasteiger partial charge in [0.25, 0.3) is 0 Å². The van der Waals surface area contributed by atoms with Crippen LogP contribution in [0.25, 0.3) is 0 Å². The Hall–Kier alpha value is -0.0800. The topological polar surface area (TPSA) is 29.3 Å². The van der Waals surface area contributed by atoms with E-state index in [0.717, 1.165) is 5.92 Å². The lowest BCUT2D eigenvalue weighted by Gasteiger charge is -2.29. The highest BCUT2D eigenvalue weighted by molar-refractivity contribution is 4.79. The normalized spacial score (nSPS) is 29.6. The fourth-order valence-electron chi connectivity index (χ4n) is 2.22. The van der Waals surface area contributed by atoms with Crippen LogP contribution in [0.15, 0.2) is 0 Å². The predicted molar refractivity (Wildman–Crippen MR) is 62.3 cm³/mol. The molecule has 0 spiro atoms. The fraction of sp³-hybridized carbons (Fsp3) is 1.00. The lowest BCUT2D eigenvalue weighted by Crippen LogP contribution is -2.39. The minimum Gasteiger partial charge on any atom is -0.327 e. The maximum Gasteiger partial charge on any atom is 0.00793 e. The summed E-state index contributed by atoms with van der Waals surface area (Å²) in [6.45, 7) is 5.68. The van der Waals surface area contributed by atoms with E-state index >= 15 is 0 Å². The second-order valence-electron chi connectivity index (χ2n) is 5.10. The minimum absolute atomic E-state index is 0.443. The molecule has 1 rings (SSSR count). The molecule has 0 bridgehead atoms. The lowest BCUT2D eigenvalue weighted by atomic mass is 9.95. The maximum atomic E-state index is 6.20. The number of hydrogen-bond donors (Lipinski definition) is 1. The van der Waals surface area contributed by atoms with Crippen LogP contribution in [0.1, 0.15) is 46.0 Å². The highest BCUT2D eigenvalue weighted by Gasteiger charge is 2.22. The van der Waals surface area contributed by atoms with Gasteiger partial charge in [0.05, 0.1) is 0 Å². The van der Waals surface area contributed by atoms with Crippen LogP contribution in [-0.4, -0.2) is 30.6 Å². The maximum absolute atomic E-state index is 6.20. The van der Waals surface area contributed by atoms with E-state index in [1.807, 2.05) is 0 Å². The van der Waals surface area contributed by atoms with Crippen LogP contribution < -0.4 is 5.73 Å². The molecular formula is C12H26N2. The molecule has 0 radical (unpaired) electrons. The van der Waals surface area contributed by atoms with Gasteiger partial charge in [-0.15, -0.1) is 0 Å². The zero-order chi connectivity index (χ0) is 10.6. The van der Waals surface area contributed by atoms with E-state index in [1.165, 1.54) is 38.6 Å². The van der Waals surface area contributed by atoms with E-state index in [9.17, 15) is 0 Å². The van der Waals surface area contributed by atoms with Crippen LogP contribution in [-0.2, 0) is 0 Å². The van der Waals surface area contributed by atoms with E-state index in [0.29, 0.717) is 12.1 Å². The van der Waals surface area contributed by atoms with Gasteiger partial charge >= 0.3 is 0 Å². The number of nitrogens with two attached hydrogens (primary N) is 1. The Morgan fingerprint density at radius 3 is 2.50 bits per heavy atom. The average molecular weight is 198 g/mol. The summed E-state index contributed by atoms with van der Waals surface area (Å²) in [6, 6.07) is 1.09. The van der Waals surface area contributed by atoms with Crippen molar-refractivity contribution < 1.29 is 0 Å². The van der Waals surface area contributed by atoms with Gasteiger partial charge in [0.2, 0.25) is 0 Å². The smallest absolute Gasteiger partial charge is 0.00793 e. The van der Waals surface area contributed by atoms with Gasteiger partial charge in [-0.1, -0.05) is 19.3 Å². The van der Waals surface area contributed by atoms with Gasteiger partial charge in [0.1, 0.15) is 0 Å². The molecule has 2 N–H and O–H groups in total. The second kappa shape index (κ2) is 5.72. The molecule has 1 aliphatic carbocycles. The zero-order valence-corrected chi connectivity index (χ0v) is 10.00. The molecule has 0 saturated heterocycles. The van der Waals surface area contributed by atoms with Crippen molar-refractivity contribution in [2.45, 2.75) is 58.0 Å². The van der Waals surface area contributed by atoms with Crippen molar-refractivity contribution in [2.75, 3.05) is 13.6 Å². The van der Waals surface area contributed by atoms with Gasteiger partial charge in [-0.3, -0.25) is 0 Å². The van der Waals surface area contributed by atoms with Gasteiger partial charge in [-0.2, -0.15) is 0 Å². The molecule has 0 amide bonds. The molecule has 2 nitrogen and oxygen atoms in total. The van der Waals surface area contributed by atoms with Crippen molar-refractivity contribution >= 4 is 0 Å². The highest BCUT2D eigenvalue weighted by Crippen LogP contribution is 2.23. The Morgan fingerprint density at radius 2 is 1.86 bits per heavy atom. The summed E-state index contributed by atoms with van der Waals surface area (Å²) in [4.78, 5) is 2.43. The van der Waals surface area contributed by atoms with Crippen molar-refractivity contribution in [1.82, 2.24) is 4.90 Å². The third-order valence-corrected chi connectivity index (χ3v) is 3.62. The van der Waals surface area contributed by atoms with Gasteiger partial charge in [-0.05, 0) is 39.7 Å². The molecule has 2 unspecified atom stereocenters. The van der Waals surface area contributed by atoms with Crippen LogP contribution in [0.5, 0.6) is 0 Å². The van der Waals surface area contributed by atoms with Crippen molar-refractivity contribution in [2.24, 2.45) is 11.7 Å². The highest BCUT2D eigenvalue weighted by atomic mass is 15.1. The van der Waals surface area contributed by atoms with Gasteiger partial charge in [-0.25, -0.2) is 0 Å².